The number of carbonyl (C=O) groups excluding carboxylic acids is 1. The Bertz CT molecular complexity index is 1270. The highest BCUT2D eigenvalue weighted by molar-refractivity contribution is 5.94. The lowest BCUT2D eigenvalue weighted by atomic mass is 9.88. The number of nitrogens with zero attached hydrogens (tertiary/aromatic N) is 4. The molecular formula is C27H28F6N4O. The number of aromatic nitrogens is 3. The molecule has 0 bridgehead atoms. The molecule has 3 aromatic rings. The fourth-order valence-electron chi connectivity index (χ4n) is 5.70. The lowest BCUT2D eigenvalue weighted by Gasteiger charge is -2.41. The fourth-order valence-corrected chi connectivity index (χ4v) is 5.70. The van der Waals surface area contributed by atoms with Gasteiger partial charge < -0.3 is 4.90 Å². The van der Waals surface area contributed by atoms with Crippen molar-refractivity contribution in [1.82, 2.24) is 19.5 Å². The molecular weight excluding hydrogens is 510 g/mol. The van der Waals surface area contributed by atoms with Crippen LogP contribution in [0.5, 0.6) is 0 Å². The third kappa shape index (κ3) is 4.99. The quantitative estimate of drug-likeness (QED) is 0.321. The summed E-state index contributed by atoms with van der Waals surface area (Å²) in [6.07, 6.45) is 3.39. The number of hydrogen-bond acceptors (Lipinski definition) is 3. The van der Waals surface area contributed by atoms with Crippen molar-refractivity contribution < 1.29 is 31.1 Å². The molecule has 0 N–H and O–H groups in total. The van der Waals surface area contributed by atoms with E-state index >= 15 is 0 Å². The molecule has 0 spiro atoms. The molecule has 1 aromatic carbocycles. The topological polar surface area (TPSA) is 50.5 Å². The summed E-state index contributed by atoms with van der Waals surface area (Å²) in [5.74, 6) is -6.35. The summed E-state index contributed by atoms with van der Waals surface area (Å²) in [5, 5.41) is 3.97. The minimum atomic E-state index is -5.91. The number of fused-ring (bicyclic) bond motifs is 1. The summed E-state index contributed by atoms with van der Waals surface area (Å²) in [5.41, 5.74) is -2.07. The molecule has 2 aromatic heterocycles. The van der Waals surface area contributed by atoms with Gasteiger partial charge in [0.1, 0.15) is 11.5 Å². The molecule has 1 amide bonds. The van der Waals surface area contributed by atoms with E-state index in [2.05, 4.69) is 10.1 Å². The molecule has 2 aliphatic carbocycles. The molecule has 204 valence electrons. The van der Waals surface area contributed by atoms with Crippen LogP contribution in [0, 0.1) is 5.82 Å². The first-order chi connectivity index (χ1) is 18.1. The predicted octanol–water partition coefficient (Wildman–Crippen LogP) is 7.30. The lowest BCUT2D eigenvalue weighted by Crippen LogP contribution is -2.49. The van der Waals surface area contributed by atoms with Gasteiger partial charge in [-0.05, 0) is 56.0 Å². The van der Waals surface area contributed by atoms with E-state index in [9.17, 15) is 31.1 Å². The zero-order valence-electron chi connectivity index (χ0n) is 20.7. The number of halogens is 6. The van der Waals surface area contributed by atoms with E-state index < -0.39 is 29.5 Å². The van der Waals surface area contributed by atoms with Crippen molar-refractivity contribution in [2.45, 2.75) is 88.4 Å². The monoisotopic (exact) mass is 538 g/mol. The number of rotatable bonds is 5. The van der Waals surface area contributed by atoms with Gasteiger partial charge in [0.2, 0.25) is 0 Å². The highest BCUT2D eigenvalue weighted by Crippen LogP contribution is 2.44. The van der Waals surface area contributed by atoms with E-state index in [1.54, 1.807) is 0 Å². The van der Waals surface area contributed by atoms with Crippen molar-refractivity contribution in [2.75, 3.05) is 0 Å². The SMILES string of the molecule is O=C(c1cc2nc(-c3ccc(F)cc3)cc(C(F)(F)C(F)(F)F)n2n1)N(C1CCCCC1)C1CCCCC1. The molecule has 0 unspecified atom stereocenters. The molecule has 0 saturated heterocycles. The molecule has 2 fully saturated rings. The van der Waals surface area contributed by atoms with Gasteiger partial charge in [0.15, 0.2) is 11.3 Å². The van der Waals surface area contributed by atoms with E-state index in [4.69, 9.17) is 0 Å². The van der Waals surface area contributed by atoms with Crippen LogP contribution in [0.25, 0.3) is 16.9 Å². The van der Waals surface area contributed by atoms with E-state index in [1.807, 2.05) is 4.90 Å². The molecule has 0 radical (unpaired) electrons. The fraction of sp³-hybridized carbons (Fsp3) is 0.519. The van der Waals surface area contributed by atoms with Crippen molar-refractivity contribution in [3.05, 3.63) is 53.6 Å². The number of carbonyl (C=O) groups is 1. The van der Waals surface area contributed by atoms with Crippen LogP contribution >= 0.6 is 0 Å². The van der Waals surface area contributed by atoms with Gasteiger partial charge in [-0.25, -0.2) is 13.9 Å². The Kier molecular flexibility index (Phi) is 7.13. The van der Waals surface area contributed by atoms with Crippen LogP contribution in [-0.4, -0.2) is 43.7 Å². The Labute approximate surface area is 215 Å². The largest absolute Gasteiger partial charge is 0.459 e. The van der Waals surface area contributed by atoms with Crippen LogP contribution in [0.15, 0.2) is 36.4 Å². The summed E-state index contributed by atoms with van der Waals surface area (Å²) in [6.45, 7) is 0. The minimum absolute atomic E-state index is 0.0250. The molecule has 0 aliphatic heterocycles. The van der Waals surface area contributed by atoms with Gasteiger partial charge in [-0.1, -0.05) is 38.5 Å². The van der Waals surface area contributed by atoms with Crippen molar-refractivity contribution in [2.24, 2.45) is 0 Å². The molecule has 2 aliphatic rings. The molecule has 0 atom stereocenters. The zero-order chi connectivity index (χ0) is 27.1. The van der Waals surface area contributed by atoms with E-state index in [1.165, 1.54) is 18.2 Å². The van der Waals surface area contributed by atoms with Gasteiger partial charge in [0, 0.05) is 23.7 Å². The van der Waals surface area contributed by atoms with Crippen LogP contribution in [0.1, 0.15) is 80.4 Å². The smallest absolute Gasteiger partial charge is 0.331 e. The third-order valence-corrected chi connectivity index (χ3v) is 7.63. The summed E-state index contributed by atoms with van der Waals surface area (Å²) in [4.78, 5) is 19.9. The summed E-state index contributed by atoms with van der Waals surface area (Å²) >= 11 is 0. The second-order valence-electron chi connectivity index (χ2n) is 10.2. The van der Waals surface area contributed by atoms with Crippen LogP contribution in [0.4, 0.5) is 26.3 Å². The Balaban J connectivity index is 1.62. The standard InChI is InChI=1S/C27H28F6N4O/c28-18-13-11-17(12-14-18)21-15-23(26(29,30)27(31,32)33)37-24(34-21)16-22(35-37)25(38)36(19-7-3-1-4-8-19)20-9-5-2-6-10-20/h11-16,19-20H,1-10H2. The Morgan fingerprint density at radius 2 is 1.39 bits per heavy atom. The average molecular weight is 539 g/mol. The maximum atomic E-state index is 14.7. The molecule has 2 heterocycles. The van der Waals surface area contributed by atoms with Crippen LogP contribution in [0.2, 0.25) is 0 Å². The van der Waals surface area contributed by atoms with Gasteiger partial charge in [0.05, 0.1) is 5.69 Å². The second kappa shape index (κ2) is 10.2. The lowest BCUT2D eigenvalue weighted by molar-refractivity contribution is -0.291. The number of alkyl halides is 5. The number of benzene rings is 1. The van der Waals surface area contributed by atoms with Gasteiger partial charge >= 0.3 is 12.1 Å². The van der Waals surface area contributed by atoms with Crippen molar-refractivity contribution >= 4 is 11.6 Å². The molecule has 38 heavy (non-hydrogen) atoms. The minimum Gasteiger partial charge on any atom is -0.331 e. The predicted molar refractivity (Wildman–Crippen MR) is 128 cm³/mol. The van der Waals surface area contributed by atoms with E-state index in [0.717, 1.165) is 76.3 Å². The van der Waals surface area contributed by atoms with Gasteiger partial charge in [-0.15, -0.1) is 0 Å². The second-order valence-corrected chi connectivity index (χ2v) is 10.2. The molecule has 2 saturated carbocycles. The van der Waals surface area contributed by atoms with Crippen molar-refractivity contribution in [3.8, 4) is 11.3 Å². The highest BCUT2D eigenvalue weighted by atomic mass is 19.4. The summed E-state index contributed by atoms with van der Waals surface area (Å²) in [7, 11) is 0. The Hall–Kier alpha value is -3.11. The van der Waals surface area contributed by atoms with Gasteiger partial charge in [0.25, 0.3) is 5.91 Å². The van der Waals surface area contributed by atoms with E-state index in [0.29, 0.717) is 10.6 Å². The average Bonchev–Trinajstić information content (AvgIpc) is 3.33. The van der Waals surface area contributed by atoms with Crippen molar-refractivity contribution in [1.29, 1.82) is 0 Å². The van der Waals surface area contributed by atoms with Gasteiger partial charge in [-0.3, -0.25) is 4.79 Å². The van der Waals surface area contributed by atoms with Crippen LogP contribution < -0.4 is 0 Å². The first-order valence-corrected chi connectivity index (χ1v) is 13.0. The normalized spacial score (nSPS) is 18.2. The molecule has 5 nitrogen and oxygen atoms in total. The summed E-state index contributed by atoms with van der Waals surface area (Å²) < 4.78 is 83.7. The maximum Gasteiger partial charge on any atom is 0.459 e. The Morgan fingerprint density at radius 3 is 1.92 bits per heavy atom. The zero-order valence-corrected chi connectivity index (χ0v) is 20.7. The van der Waals surface area contributed by atoms with Gasteiger partial charge in [-0.2, -0.15) is 27.1 Å². The van der Waals surface area contributed by atoms with E-state index in [-0.39, 0.29) is 34.7 Å². The Morgan fingerprint density at radius 1 is 0.842 bits per heavy atom. The van der Waals surface area contributed by atoms with Crippen molar-refractivity contribution in [3.63, 3.8) is 0 Å². The third-order valence-electron chi connectivity index (χ3n) is 7.63. The first-order valence-electron chi connectivity index (χ1n) is 13.0. The summed E-state index contributed by atoms with van der Waals surface area (Å²) in [6, 6.07) is 6.30. The number of hydrogen-bond donors (Lipinski definition) is 0. The highest BCUT2D eigenvalue weighted by Gasteiger charge is 2.60. The van der Waals surface area contributed by atoms with Crippen LogP contribution in [0.3, 0.4) is 0 Å². The maximum absolute atomic E-state index is 14.7. The molecule has 5 rings (SSSR count). The van der Waals surface area contributed by atoms with Crippen LogP contribution in [-0.2, 0) is 5.92 Å². The molecule has 11 heteroatoms. The first kappa shape index (κ1) is 26.5. The number of amides is 1.